The number of non-ortho nitro benzene ring substituents is 1. The van der Waals surface area contributed by atoms with Gasteiger partial charge in [0.15, 0.2) is 5.78 Å². The van der Waals surface area contributed by atoms with E-state index in [2.05, 4.69) is 21.0 Å². The average molecular weight is 412 g/mol. The summed E-state index contributed by atoms with van der Waals surface area (Å²) in [4.78, 5) is 21.9. The van der Waals surface area contributed by atoms with E-state index >= 15 is 0 Å². The van der Waals surface area contributed by atoms with Crippen LogP contribution in [0.1, 0.15) is 12.5 Å². The zero-order valence-electron chi connectivity index (χ0n) is 13.8. The number of nitrogens with zero attached hydrogens (tertiary/aromatic N) is 3. The van der Waals surface area contributed by atoms with Crippen molar-refractivity contribution in [3.63, 3.8) is 0 Å². The number of nitro benzene ring substituents is 1. The van der Waals surface area contributed by atoms with E-state index in [-0.39, 0.29) is 11.5 Å². The van der Waals surface area contributed by atoms with Crippen LogP contribution >= 0.6 is 15.9 Å². The Kier molecular flexibility index (Phi) is 5.09. The quantitative estimate of drug-likeness (QED) is 0.344. The zero-order chi connectivity index (χ0) is 18.7. The van der Waals surface area contributed by atoms with Gasteiger partial charge in [-0.15, -0.1) is 0 Å². The van der Waals surface area contributed by atoms with Gasteiger partial charge < -0.3 is 0 Å². The first-order valence-corrected chi connectivity index (χ1v) is 8.53. The molecular weight excluding hydrogens is 398 g/mol. The van der Waals surface area contributed by atoms with Gasteiger partial charge in [0, 0.05) is 29.5 Å². The van der Waals surface area contributed by atoms with Crippen LogP contribution in [0.15, 0.2) is 65.3 Å². The van der Waals surface area contributed by atoms with E-state index in [1.807, 2.05) is 30.3 Å². The van der Waals surface area contributed by atoms with Crippen molar-refractivity contribution in [3.8, 4) is 16.9 Å². The number of aromatic nitrogens is 2. The molecule has 0 saturated heterocycles. The lowest BCUT2D eigenvalue weighted by atomic mass is 10.1. The molecule has 0 radical (unpaired) electrons. The Morgan fingerprint density at radius 3 is 2.38 bits per heavy atom. The van der Waals surface area contributed by atoms with Gasteiger partial charge in [-0.25, -0.2) is 4.68 Å². The third-order valence-corrected chi connectivity index (χ3v) is 4.52. The van der Waals surface area contributed by atoms with Crippen molar-refractivity contribution in [1.82, 2.24) is 9.78 Å². The Morgan fingerprint density at radius 1 is 1.15 bits per heavy atom. The van der Waals surface area contributed by atoms with E-state index < -0.39 is 4.92 Å². The van der Waals surface area contributed by atoms with E-state index in [0.29, 0.717) is 15.9 Å². The van der Waals surface area contributed by atoms with Gasteiger partial charge in [0.25, 0.3) is 5.69 Å². The molecule has 0 aliphatic rings. The van der Waals surface area contributed by atoms with Crippen molar-refractivity contribution in [2.75, 3.05) is 0 Å². The number of rotatable bonds is 5. The summed E-state index contributed by atoms with van der Waals surface area (Å²) >= 11 is 3.28. The van der Waals surface area contributed by atoms with Gasteiger partial charge in [0.2, 0.25) is 0 Å². The van der Waals surface area contributed by atoms with E-state index in [1.54, 1.807) is 29.1 Å². The molecule has 0 fully saturated rings. The van der Waals surface area contributed by atoms with Crippen molar-refractivity contribution in [1.29, 1.82) is 0 Å². The van der Waals surface area contributed by atoms with Crippen LogP contribution in [0, 0.1) is 10.1 Å². The Bertz CT molecular complexity index is 993. The third kappa shape index (κ3) is 3.78. The number of nitro groups is 1. The van der Waals surface area contributed by atoms with Gasteiger partial charge in [-0.1, -0.05) is 30.3 Å². The second kappa shape index (κ2) is 7.45. The highest BCUT2D eigenvalue weighted by molar-refractivity contribution is 9.12. The number of halogens is 1. The topological polar surface area (TPSA) is 78.0 Å². The number of carbonyl (C=O) groups excluding carboxylic acids is 1. The first-order chi connectivity index (χ1) is 12.5. The molecule has 0 spiro atoms. The monoisotopic (exact) mass is 411 g/mol. The highest BCUT2D eigenvalue weighted by Gasteiger charge is 2.13. The SMILES string of the molecule is CC(=O)/C(Br)=C/c1cn(-c2ccc([N+](=O)[O-])cc2)nc1-c1ccccc1. The highest BCUT2D eigenvalue weighted by atomic mass is 79.9. The normalized spacial score (nSPS) is 11.4. The van der Waals surface area contributed by atoms with E-state index in [0.717, 1.165) is 11.1 Å². The van der Waals surface area contributed by atoms with Gasteiger partial charge in [-0.05, 0) is 41.1 Å². The van der Waals surface area contributed by atoms with Crippen LogP contribution in [0.4, 0.5) is 5.69 Å². The average Bonchev–Trinajstić information content (AvgIpc) is 3.06. The Labute approximate surface area is 158 Å². The zero-order valence-corrected chi connectivity index (χ0v) is 15.4. The molecule has 3 aromatic rings. The van der Waals surface area contributed by atoms with Crippen molar-refractivity contribution in [2.45, 2.75) is 6.92 Å². The summed E-state index contributed by atoms with van der Waals surface area (Å²) in [6, 6.07) is 15.7. The molecule has 0 atom stereocenters. The molecule has 1 heterocycles. The molecule has 1 aromatic heterocycles. The predicted octanol–water partition coefficient (Wildman–Crippen LogP) is 4.77. The molecule has 2 aromatic carbocycles. The molecule has 0 unspecified atom stereocenters. The summed E-state index contributed by atoms with van der Waals surface area (Å²) in [5, 5.41) is 15.4. The third-order valence-electron chi connectivity index (χ3n) is 3.73. The second-order valence-electron chi connectivity index (χ2n) is 5.57. The van der Waals surface area contributed by atoms with Crippen LogP contribution in [-0.4, -0.2) is 20.5 Å². The largest absolute Gasteiger partial charge is 0.294 e. The van der Waals surface area contributed by atoms with Gasteiger partial charge in [0.1, 0.15) is 0 Å². The Balaban J connectivity index is 2.10. The number of Topliss-reactive ketones (excluding diaryl/α,β-unsaturated/α-hetero) is 1. The fraction of sp³-hybridized carbons (Fsp3) is 0.0526. The van der Waals surface area contributed by atoms with Crippen LogP contribution < -0.4 is 0 Å². The molecular formula is C19H14BrN3O3. The minimum absolute atomic E-state index is 0.0173. The lowest BCUT2D eigenvalue weighted by molar-refractivity contribution is -0.384. The minimum atomic E-state index is -0.444. The molecule has 0 saturated carbocycles. The maximum Gasteiger partial charge on any atom is 0.269 e. The first kappa shape index (κ1) is 17.8. The van der Waals surface area contributed by atoms with Gasteiger partial charge in [0.05, 0.1) is 20.8 Å². The van der Waals surface area contributed by atoms with Crippen LogP contribution in [0.2, 0.25) is 0 Å². The molecule has 0 bridgehead atoms. The summed E-state index contributed by atoms with van der Waals surface area (Å²) in [5.74, 6) is -0.0907. The van der Waals surface area contributed by atoms with Crippen LogP contribution in [-0.2, 0) is 4.79 Å². The van der Waals surface area contributed by atoms with Gasteiger partial charge in [-0.3, -0.25) is 14.9 Å². The summed E-state index contributed by atoms with van der Waals surface area (Å²) in [6.45, 7) is 1.48. The molecule has 0 N–H and O–H groups in total. The van der Waals surface area contributed by atoms with Gasteiger partial charge >= 0.3 is 0 Å². The molecule has 6 nitrogen and oxygen atoms in total. The number of hydrogen-bond acceptors (Lipinski definition) is 4. The maximum atomic E-state index is 11.6. The van der Waals surface area contributed by atoms with Crippen molar-refractivity contribution in [3.05, 3.63) is 81.0 Å². The Morgan fingerprint density at radius 2 is 1.81 bits per heavy atom. The Hall–Kier alpha value is -3.06. The minimum Gasteiger partial charge on any atom is -0.294 e. The predicted molar refractivity (Wildman–Crippen MR) is 103 cm³/mol. The van der Waals surface area contributed by atoms with Crippen LogP contribution in [0.5, 0.6) is 0 Å². The van der Waals surface area contributed by atoms with Gasteiger partial charge in [-0.2, -0.15) is 5.10 Å². The summed E-state index contributed by atoms with van der Waals surface area (Å²) in [7, 11) is 0. The smallest absolute Gasteiger partial charge is 0.269 e. The fourth-order valence-corrected chi connectivity index (χ4v) is 2.66. The highest BCUT2D eigenvalue weighted by Crippen LogP contribution is 2.27. The van der Waals surface area contributed by atoms with Crippen LogP contribution in [0.3, 0.4) is 0 Å². The van der Waals surface area contributed by atoms with Crippen molar-refractivity contribution in [2.24, 2.45) is 0 Å². The first-order valence-electron chi connectivity index (χ1n) is 7.74. The molecule has 130 valence electrons. The summed E-state index contributed by atoms with van der Waals surface area (Å²) < 4.78 is 2.08. The second-order valence-corrected chi connectivity index (χ2v) is 6.42. The van der Waals surface area contributed by atoms with E-state index in [4.69, 9.17) is 0 Å². The number of hydrogen-bond donors (Lipinski definition) is 0. The van der Waals surface area contributed by atoms with E-state index in [1.165, 1.54) is 19.1 Å². The fourth-order valence-electron chi connectivity index (χ4n) is 2.41. The van der Waals surface area contributed by atoms with E-state index in [9.17, 15) is 14.9 Å². The lowest BCUT2D eigenvalue weighted by Crippen LogP contribution is -1.95. The van der Waals surface area contributed by atoms with Crippen molar-refractivity contribution < 1.29 is 9.72 Å². The maximum absolute atomic E-state index is 11.6. The molecule has 3 rings (SSSR count). The summed E-state index contributed by atoms with van der Waals surface area (Å²) in [5.41, 5.74) is 3.08. The molecule has 0 aliphatic heterocycles. The lowest BCUT2D eigenvalue weighted by Gasteiger charge is -2.01. The standard InChI is InChI=1S/C19H14BrN3O3/c1-13(24)18(20)11-15-12-22(16-7-9-17(10-8-16)23(25)26)21-19(15)14-5-3-2-4-6-14/h2-12H,1H3/b18-11-. The van der Waals surface area contributed by atoms with Crippen LogP contribution in [0.25, 0.3) is 23.0 Å². The number of allylic oxidation sites excluding steroid dienone is 1. The molecule has 0 aliphatic carbocycles. The number of carbonyl (C=O) groups is 1. The number of benzene rings is 2. The molecule has 0 amide bonds. The van der Waals surface area contributed by atoms with Crippen molar-refractivity contribution >= 4 is 33.5 Å². The number of ketones is 1. The molecule has 26 heavy (non-hydrogen) atoms. The summed E-state index contributed by atoms with van der Waals surface area (Å²) in [6.07, 6.45) is 3.51. The molecule has 7 heteroatoms.